The standard InChI is InChI=1S/C33H52FN7O3.C4H4O4/c1-9-41(24(4)5)31(42)26-17-25(34)12-13-28(26)44-30-29(35-22-36-37-30)39-16-14-33(19-39)20-40(21-33)27(23(2)3)11-10-15-38(8)18-32(6,7)43;5-3(6)1-2-4(7)8/h12-13,17,22-24,27,43H,9-11,14-16,18-21H2,1-8H3;1-2H,(H,5,6)(H,7,8)/b;2-1+. The van der Waals surface area contributed by atoms with Crippen molar-refractivity contribution in [3.63, 3.8) is 0 Å². The third-order valence-electron chi connectivity index (χ3n) is 9.29. The number of hydrogen-bond acceptors (Lipinski definition) is 11. The number of carbonyl (C=O) groups excluding carboxylic acids is 1. The summed E-state index contributed by atoms with van der Waals surface area (Å²) < 4.78 is 20.5. The third kappa shape index (κ3) is 12.2. The number of carbonyl (C=O) groups is 3. The number of anilines is 1. The number of aliphatic carboxylic acids is 2. The Morgan fingerprint density at radius 3 is 2.31 bits per heavy atom. The van der Waals surface area contributed by atoms with Gasteiger partial charge >= 0.3 is 11.9 Å². The Morgan fingerprint density at radius 2 is 1.75 bits per heavy atom. The lowest BCUT2D eigenvalue weighted by Crippen LogP contribution is -2.62. The minimum Gasteiger partial charge on any atom is -0.478 e. The van der Waals surface area contributed by atoms with Crippen LogP contribution in [0.25, 0.3) is 0 Å². The average molecular weight is 730 g/mol. The summed E-state index contributed by atoms with van der Waals surface area (Å²) in [5.41, 5.74) is -0.351. The van der Waals surface area contributed by atoms with Crippen LogP contribution in [-0.4, -0.2) is 134 Å². The molecule has 0 aliphatic carbocycles. The molecule has 1 amide bonds. The number of aliphatic hydroxyl groups is 1. The average Bonchev–Trinajstić information content (AvgIpc) is 3.48. The highest BCUT2D eigenvalue weighted by Gasteiger charge is 2.50. The van der Waals surface area contributed by atoms with Crippen LogP contribution in [0, 0.1) is 17.2 Å². The molecule has 1 spiro atoms. The molecule has 2 saturated heterocycles. The van der Waals surface area contributed by atoms with E-state index >= 15 is 0 Å². The summed E-state index contributed by atoms with van der Waals surface area (Å²) in [7, 11) is 2.08. The van der Waals surface area contributed by atoms with Crippen molar-refractivity contribution >= 4 is 23.7 Å². The van der Waals surface area contributed by atoms with Gasteiger partial charge in [0.15, 0.2) is 5.82 Å². The van der Waals surface area contributed by atoms with Gasteiger partial charge in [-0.05, 0) is 91.6 Å². The second-order valence-electron chi connectivity index (χ2n) is 15.1. The molecule has 0 bridgehead atoms. The van der Waals surface area contributed by atoms with Crippen LogP contribution in [-0.2, 0) is 9.59 Å². The van der Waals surface area contributed by atoms with Crippen LogP contribution in [0.5, 0.6) is 11.6 Å². The number of likely N-dealkylation sites (tertiary alicyclic amines) is 1. The molecule has 1 aromatic heterocycles. The number of likely N-dealkylation sites (N-methyl/N-ethyl adjacent to an activating group) is 1. The van der Waals surface area contributed by atoms with Gasteiger partial charge in [-0.25, -0.2) is 19.0 Å². The quantitative estimate of drug-likeness (QED) is 0.208. The summed E-state index contributed by atoms with van der Waals surface area (Å²) in [5.74, 6) is -1.73. The van der Waals surface area contributed by atoms with Crippen molar-refractivity contribution in [3.05, 3.63) is 48.1 Å². The minimum atomic E-state index is -1.26. The Kier molecular flexibility index (Phi) is 15.0. The van der Waals surface area contributed by atoms with Gasteiger partial charge in [-0.3, -0.25) is 9.69 Å². The molecule has 1 aromatic carbocycles. The Labute approximate surface area is 306 Å². The zero-order chi connectivity index (χ0) is 38.8. The summed E-state index contributed by atoms with van der Waals surface area (Å²) in [6.45, 7) is 20.0. The van der Waals surface area contributed by atoms with E-state index in [4.69, 9.17) is 14.9 Å². The van der Waals surface area contributed by atoms with Crippen LogP contribution < -0.4 is 9.64 Å². The van der Waals surface area contributed by atoms with Crippen molar-refractivity contribution in [2.24, 2.45) is 11.3 Å². The fourth-order valence-electron chi connectivity index (χ4n) is 7.12. The van der Waals surface area contributed by atoms with Gasteiger partial charge in [0.2, 0.25) is 0 Å². The molecule has 52 heavy (non-hydrogen) atoms. The van der Waals surface area contributed by atoms with Crippen molar-refractivity contribution in [1.29, 1.82) is 0 Å². The Morgan fingerprint density at radius 1 is 1.10 bits per heavy atom. The maximum absolute atomic E-state index is 14.3. The molecule has 4 rings (SSSR count). The maximum Gasteiger partial charge on any atom is 0.328 e. The van der Waals surface area contributed by atoms with Crippen LogP contribution in [0.2, 0.25) is 0 Å². The van der Waals surface area contributed by atoms with E-state index in [1.165, 1.54) is 24.5 Å². The van der Waals surface area contributed by atoms with Crippen molar-refractivity contribution in [1.82, 2.24) is 29.9 Å². The van der Waals surface area contributed by atoms with Gasteiger partial charge in [-0.1, -0.05) is 13.8 Å². The number of carboxylic acid groups (broad SMARTS) is 2. The first-order chi connectivity index (χ1) is 24.3. The molecule has 0 saturated carbocycles. The lowest BCUT2D eigenvalue weighted by molar-refractivity contribution is -0.134. The summed E-state index contributed by atoms with van der Waals surface area (Å²) in [6, 6.07) is 4.45. The summed E-state index contributed by atoms with van der Waals surface area (Å²) in [4.78, 5) is 45.7. The lowest BCUT2D eigenvalue weighted by atomic mass is 9.76. The smallest absolute Gasteiger partial charge is 0.328 e. The number of carboxylic acids is 2. The molecule has 2 aliphatic rings. The van der Waals surface area contributed by atoms with Crippen LogP contribution in [0.3, 0.4) is 0 Å². The summed E-state index contributed by atoms with van der Waals surface area (Å²) in [6.07, 6.45) is 5.81. The molecule has 15 heteroatoms. The molecule has 3 heterocycles. The number of hydrogen-bond donors (Lipinski definition) is 3. The number of halogens is 1. The van der Waals surface area contributed by atoms with Crippen molar-refractivity contribution in [2.45, 2.75) is 85.4 Å². The van der Waals surface area contributed by atoms with Crippen molar-refractivity contribution in [3.8, 4) is 11.6 Å². The number of ether oxygens (including phenoxy) is 1. The second-order valence-corrected chi connectivity index (χ2v) is 15.1. The molecule has 0 radical (unpaired) electrons. The molecular formula is C37H56FN7O7. The normalized spacial score (nSPS) is 16.3. The lowest BCUT2D eigenvalue weighted by Gasteiger charge is -2.53. The predicted molar refractivity (Wildman–Crippen MR) is 195 cm³/mol. The van der Waals surface area contributed by atoms with E-state index in [1.54, 1.807) is 4.90 Å². The number of amides is 1. The van der Waals surface area contributed by atoms with E-state index in [0.29, 0.717) is 43.0 Å². The highest BCUT2D eigenvalue weighted by Crippen LogP contribution is 2.44. The zero-order valence-corrected chi connectivity index (χ0v) is 31.8. The number of rotatable bonds is 16. The van der Waals surface area contributed by atoms with Crippen LogP contribution in [0.4, 0.5) is 10.2 Å². The van der Waals surface area contributed by atoms with Gasteiger partial charge in [-0.2, -0.15) is 0 Å². The molecular weight excluding hydrogens is 673 g/mol. The highest BCUT2D eigenvalue weighted by molar-refractivity contribution is 5.97. The highest BCUT2D eigenvalue weighted by atomic mass is 19.1. The fraction of sp³-hybridized carbons (Fsp3) is 0.622. The van der Waals surface area contributed by atoms with Gasteiger partial charge in [0, 0.05) is 68.9 Å². The first kappa shape index (κ1) is 42.2. The van der Waals surface area contributed by atoms with Gasteiger partial charge in [0.05, 0.1) is 11.2 Å². The molecule has 1 atom stereocenters. The van der Waals surface area contributed by atoms with E-state index in [1.807, 2.05) is 34.6 Å². The van der Waals surface area contributed by atoms with Gasteiger partial charge in [0.1, 0.15) is 17.9 Å². The molecule has 14 nitrogen and oxygen atoms in total. The first-order valence-corrected chi connectivity index (χ1v) is 17.8. The number of nitrogens with zero attached hydrogens (tertiary/aromatic N) is 7. The molecule has 2 aliphatic heterocycles. The largest absolute Gasteiger partial charge is 0.478 e. The molecule has 1 unspecified atom stereocenters. The van der Waals surface area contributed by atoms with Crippen LogP contribution in [0.15, 0.2) is 36.7 Å². The molecule has 3 N–H and O–H groups in total. The Hall–Kier alpha value is -4.21. The summed E-state index contributed by atoms with van der Waals surface area (Å²) >= 11 is 0. The van der Waals surface area contributed by atoms with E-state index < -0.39 is 23.4 Å². The molecule has 2 aromatic rings. The topological polar surface area (TPSA) is 173 Å². The van der Waals surface area contributed by atoms with Crippen molar-refractivity contribution < 1.29 is 38.8 Å². The first-order valence-electron chi connectivity index (χ1n) is 17.8. The van der Waals surface area contributed by atoms with E-state index in [9.17, 15) is 23.9 Å². The second kappa shape index (κ2) is 18.5. The Bertz CT molecular complexity index is 1530. The third-order valence-corrected chi connectivity index (χ3v) is 9.29. The minimum absolute atomic E-state index is 0.0458. The molecule has 2 fully saturated rings. The fourth-order valence-corrected chi connectivity index (χ4v) is 7.12. The van der Waals surface area contributed by atoms with Gasteiger partial charge < -0.3 is 34.8 Å². The van der Waals surface area contributed by atoms with E-state index in [2.05, 4.69) is 50.8 Å². The van der Waals surface area contributed by atoms with Gasteiger partial charge in [0.25, 0.3) is 11.8 Å². The maximum atomic E-state index is 14.3. The van der Waals surface area contributed by atoms with E-state index in [0.717, 1.165) is 52.0 Å². The SMILES string of the molecule is CCN(C(=O)c1cc(F)ccc1Oc1nncnc1N1CCC2(C1)CN(C(CCCN(C)CC(C)(C)O)C(C)C)C2)C(C)C.O=C(O)/C=C/C(=O)O. The predicted octanol–water partition coefficient (Wildman–Crippen LogP) is 4.40. The van der Waals surface area contributed by atoms with Crippen LogP contribution >= 0.6 is 0 Å². The monoisotopic (exact) mass is 729 g/mol. The van der Waals surface area contributed by atoms with Gasteiger partial charge in [-0.15, -0.1) is 10.2 Å². The van der Waals surface area contributed by atoms with Crippen LogP contribution in [0.1, 0.15) is 78.1 Å². The summed E-state index contributed by atoms with van der Waals surface area (Å²) in [5, 5.41) is 34.0. The Balaban J connectivity index is 0.000000815. The van der Waals surface area contributed by atoms with E-state index in [-0.39, 0.29) is 34.6 Å². The molecule has 288 valence electrons. The van der Waals surface area contributed by atoms with Crippen molar-refractivity contribution in [2.75, 3.05) is 57.8 Å². The number of aromatic nitrogens is 3. The zero-order valence-electron chi connectivity index (χ0n) is 31.8. The number of benzene rings is 1.